The molecule has 1 aromatic rings. The van der Waals surface area contributed by atoms with Gasteiger partial charge in [0.2, 0.25) is 0 Å². The van der Waals surface area contributed by atoms with Gasteiger partial charge < -0.3 is 9.84 Å². The lowest BCUT2D eigenvalue weighted by Crippen LogP contribution is -2.19. The van der Waals surface area contributed by atoms with Crippen LogP contribution in [0.5, 0.6) is 5.75 Å². The maximum Gasteiger partial charge on any atom is 0.119 e. The van der Waals surface area contributed by atoms with Gasteiger partial charge in [-0.2, -0.15) is 0 Å². The Kier molecular flexibility index (Phi) is 3.83. The van der Waals surface area contributed by atoms with E-state index in [1.807, 2.05) is 24.3 Å². The molecule has 1 aromatic carbocycles. The van der Waals surface area contributed by atoms with E-state index < -0.39 is 0 Å². The van der Waals surface area contributed by atoms with Crippen LogP contribution >= 0.6 is 0 Å². The highest BCUT2D eigenvalue weighted by Gasteiger charge is 2.26. The summed E-state index contributed by atoms with van der Waals surface area (Å²) in [6, 6.07) is 7.87. The Morgan fingerprint density at radius 2 is 2.25 bits per heavy atom. The molecule has 1 N–H and O–H groups in total. The Balaban J connectivity index is 2.02. The molecule has 88 valence electrons. The number of aliphatic hydroxyl groups is 1. The fraction of sp³-hybridized carbons (Fsp3) is 0.571. The van der Waals surface area contributed by atoms with Crippen LogP contribution in [0.3, 0.4) is 0 Å². The van der Waals surface area contributed by atoms with Crippen molar-refractivity contribution in [2.75, 3.05) is 6.61 Å². The van der Waals surface area contributed by atoms with E-state index in [9.17, 15) is 5.11 Å². The minimum absolute atomic E-state index is 0.307. The van der Waals surface area contributed by atoms with Gasteiger partial charge in [0, 0.05) is 0 Å². The summed E-state index contributed by atoms with van der Waals surface area (Å²) < 4.78 is 5.57. The molecule has 2 heteroatoms. The molecule has 1 atom stereocenters. The van der Waals surface area contributed by atoms with Gasteiger partial charge in [-0.05, 0) is 42.9 Å². The first-order chi connectivity index (χ1) is 7.81. The molecular weight excluding hydrogens is 200 g/mol. The average Bonchev–Trinajstić information content (AvgIpc) is 2.24. The van der Waals surface area contributed by atoms with Crippen LogP contribution in [0.25, 0.3) is 0 Å². The number of benzene rings is 1. The second-order valence-electron chi connectivity index (χ2n) is 4.56. The van der Waals surface area contributed by atoms with Crippen molar-refractivity contribution in [3.05, 3.63) is 29.8 Å². The SMILES string of the molecule is CCCOc1cccc(C(O)C2CCC2)c1. The smallest absolute Gasteiger partial charge is 0.119 e. The molecule has 2 rings (SSSR count). The first kappa shape index (κ1) is 11.5. The molecule has 0 amide bonds. The quantitative estimate of drug-likeness (QED) is 0.825. The molecule has 1 fully saturated rings. The molecule has 0 aliphatic heterocycles. The summed E-state index contributed by atoms with van der Waals surface area (Å²) in [5.41, 5.74) is 0.998. The van der Waals surface area contributed by atoms with E-state index in [-0.39, 0.29) is 6.10 Å². The van der Waals surface area contributed by atoms with Crippen LogP contribution < -0.4 is 4.74 Å². The maximum atomic E-state index is 10.1. The van der Waals surface area contributed by atoms with Gasteiger partial charge in [0.15, 0.2) is 0 Å². The Labute approximate surface area is 97.3 Å². The molecule has 1 aliphatic carbocycles. The summed E-state index contributed by atoms with van der Waals surface area (Å²) >= 11 is 0. The van der Waals surface area contributed by atoms with Crippen molar-refractivity contribution in [3.63, 3.8) is 0 Å². The zero-order chi connectivity index (χ0) is 11.4. The van der Waals surface area contributed by atoms with Gasteiger partial charge in [-0.15, -0.1) is 0 Å². The van der Waals surface area contributed by atoms with Crippen LogP contribution in [-0.4, -0.2) is 11.7 Å². The highest BCUT2D eigenvalue weighted by atomic mass is 16.5. The van der Waals surface area contributed by atoms with Crippen molar-refractivity contribution in [2.24, 2.45) is 5.92 Å². The Morgan fingerprint density at radius 1 is 1.44 bits per heavy atom. The van der Waals surface area contributed by atoms with Gasteiger partial charge in [0.1, 0.15) is 5.75 Å². The summed E-state index contributed by atoms with van der Waals surface area (Å²) in [7, 11) is 0. The highest BCUT2D eigenvalue weighted by Crippen LogP contribution is 2.38. The largest absolute Gasteiger partial charge is 0.494 e. The van der Waals surface area contributed by atoms with Crippen LogP contribution in [-0.2, 0) is 0 Å². The average molecular weight is 220 g/mol. The molecular formula is C14H20O2. The van der Waals surface area contributed by atoms with Crippen LogP contribution in [0, 0.1) is 5.92 Å². The molecule has 0 saturated heterocycles. The number of aliphatic hydroxyl groups excluding tert-OH is 1. The van der Waals surface area contributed by atoms with Gasteiger partial charge in [-0.1, -0.05) is 25.5 Å². The lowest BCUT2D eigenvalue weighted by molar-refractivity contribution is 0.0619. The zero-order valence-electron chi connectivity index (χ0n) is 9.86. The molecule has 16 heavy (non-hydrogen) atoms. The van der Waals surface area contributed by atoms with E-state index >= 15 is 0 Å². The van der Waals surface area contributed by atoms with Crippen molar-refractivity contribution < 1.29 is 9.84 Å². The van der Waals surface area contributed by atoms with E-state index in [0.29, 0.717) is 5.92 Å². The second-order valence-corrected chi connectivity index (χ2v) is 4.56. The van der Waals surface area contributed by atoms with Gasteiger partial charge in [-0.3, -0.25) is 0 Å². The van der Waals surface area contributed by atoms with E-state index in [2.05, 4.69) is 6.92 Å². The third kappa shape index (κ3) is 2.56. The molecule has 1 saturated carbocycles. The molecule has 0 bridgehead atoms. The van der Waals surface area contributed by atoms with Gasteiger partial charge in [0.05, 0.1) is 12.7 Å². The van der Waals surface area contributed by atoms with E-state index in [0.717, 1.165) is 37.2 Å². The van der Waals surface area contributed by atoms with Crippen LogP contribution in [0.15, 0.2) is 24.3 Å². The van der Waals surface area contributed by atoms with Gasteiger partial charge in [-0.25, -0.2) is 0 Å². The lowest BCUT2D eigenvalue weighted by Gasteiger charge is -2.30. The summed E-state index contributed by atoms with van der Waals surface area (Å²) in [4.78, 5) is 0. The minimum Gasteiger partial charge on any atom is -0.494 e. The van der Waals surface area contributed by atoms with Crippen molar-refractivity contribution in [3.8, 4) is 5.75 Å². The highest BCUT2D eigenvalue weighted by molar-refractivity contribution is 5.30. The fourth-order valence-corrected chi connectivity index (χ4v) is 2.04. The Bertz CT molecular complexity index is 331. The Hall–Kier alpha value is -1.02. The second kappa shape index (κ2) is 5.35. The monoisotopic (exact) mass is 220 g/mol. The molecule has 1 unspecified atom stereocenters. The molecule has 1 aliphatic rings. The third-order valence-corrected chi connectivity index (χ3v) is 3.27. The minimum atomic E-state index is -0.307. The zero-order valence-corrected chi connectivity index (χ0v) is 9.86. The molecule has 0 aromatic heterocycles. The number of ether oxygens (including phenoxy) is 1. The van der Waals surface area contributed by atoms with Gasteiger partial charge >= 0.3 is 0 Å². The predicted octanol–water partition coefficient (Wildman–Crippen LogP) is 3.31. The third-order valence-electron chi connectivity index (χ3n) is 3.27. The van der Waals surface area contributed by atoms with Crippen LogP contribution in [0.2, 0.25) is 0 Å². The van der Waals surface area contributed by atoms with E-state index in [1.54, 1.807) is 0 Å². The molecule has 0 radical (unpaired) electrons. The number of hydrogen-bond acceptors (Lipinski definition) is 2. The van der Waals surface area contributed by atoms with E-state index in [4.69, 9.17) is 4.74 Å². The summed E-state index contributed by atoms with van der Waals surface area (Å²) in [5, 5.41) is 10.1. The Morgan fingerprint density at radius 3 is 2.88 bits per heavy atom. The van der Waals surface area contributed by atoms with Crippen LogP contribution in [0.4, 0.5) is 0 Å². The lowest BCUT2D eigenvalue weighted by atomic mass is 9.79. The summed E-state index contributed by atoms with van der Waals surface area (Å²) in [5.74, 6) is 1.33. The van der Waals surface area contributed by atoms with Crippen molar-refractivity contribution in [1.29, 1.82) is 0 Å². The first-order valence-corrected chi connectivity index (χ1v) is 6.22. The van der Waals surface area contributed by atoms with Crippen molar-refractivity contribution >= 4 is 0 Å². The van der Waals surface area contributed by atoms with Crippen LogP contribution in [0.1, 0.15) is 44.3 Å². The first-order valence-electron chi connectivity index (χ1n) is 6.22. The number of hydrogen-bond donors (Lipinski definition) is 1. The maximum absolute atomic E-state index is 10.1. The standard InChI is InChI=1S/C14H20O2/c1-2-9-16-13-8-4-7-12(10-13)14(15)11-5-3-6-11/h4,7-8,10-11,14-15H,2-3,5-6,9H2,1H3. The summed E-state index contributed by atoms with van der Waals surface area (Å²) in [6.45, 7) is 2.83. The normalized spacial score (nSPS) is 17.9. The summed E-state index contributed by atoms with van der Waals surface area (Å²) in [6.07, 6.45) is 4.27. The molecule has 0 heterocycles. The molecule has 0 spiro atoms. The predicted molar refractivity (Wildman–Crippen MR) is 64.5 cm³/mol. The molecule has 2 nitrogen and oxygen atoms in total. The topological polar surface area (TPSA) is 29.5 Å². The fourth-order valence-electron chi connectivity index (χ4n) is 2.04. The van der Waals surface area contributed by atoms with Crippen molar-refractivity contribution in [2.45, 2.75) is 38.7 Å². The van der Waals surface area contributed by atoms with Crippen molar-refractivity contribution in [1.82, 2.24) is 0 Å². The van der Waals surface area contributed by atoms with E-state index in [1.165, 1.54) is 6.42 Å². The number of rotatable bonds is 5. The van der Waals surface area contributed by atoms with Gasteiger partial charge in [0.25, 0.3) is 0 Å².